The monoisotopic (exact) mass is 231 g/mol. The molecule has 1 aromatic carbocycles. The van der Waals surface area contributed by atoms with Gasteiger partial charge in [-0.15, -0.1) is 0 Å². The number of hydrogen-bond acceptors (Lipinski definition) is 1. The molecule has 4 atom stereocenters. The maximum Gasteiger partial charge on any atom is 0.123 e. The van der Waals surface area contributed by atoms with Crippen LogP contribution in [0.1, 0.15) is 36.3 Å². The Kier molecular flexibility index (Phi) is 1.97. The average Bonchev–Trinajstić information content (AvgIpc) is 2.76. The van der Waals surface area contributed by atoms with E-state index in [2.05, 4.69) is 11.9 Å². The molecule has 2 heterocycles. The van der Waals surface area contributed by atoms with Crippen molar-refractivity contribution in [3.05, 3.63) is 35.1 Å². The fraction of sp³-hybridized carbons (Fsp3) is 0.600. The highest BCUT2D eigenvalue weighted by atomic mass is 19.1. The molecule has 2 fully saturated rings. The standard InChI is InChI=1S/C15H18FN/c1-17-11-3-5-15(17)14-7-9-6-10(16)2-4-12(9)13(14)8-11/h2,4,6,11,13-15H,3,5,7-8H2,1H3/t11-,13+,14-,15+/m0/s1. The molecule has 2 bridgehead atoms. The molecule has 1 nitrogen and oxygen atoms in total. The molecule has 0 radical (unpaired) electrons. The Morgan fingerprint density at radius 1 is 1.29 bits per heavy atom. The number of piperidine rings is 1. The van der Waals surface area contributed by atoms with E-state index in [1.807, 2.05) is 6.07 Å². The summed E-state index contributed by atoms with van der Waals surface area (Å²) in [6.45, 7) is 0. The summed E-state index contributed by atoms with van der Waals surface area (Å²) in [6.07, 6.45) is 5.10. The smallest absolute Gasteiger partial charge is 0.123 e. The van der Waals surface area contributed by atoms with Crippen molar-refractivity contribution < 1.29 is 4.39 Å². The van der Waals surface area contributed by atoms with Gasteiger partial charge >= 0.3 is 0 Å². The highest BCUT2D eigenvalue weighted by Gasteiger charge is 2.48. The third-order valence-corrected chi connectivity index (χ3v) is 5.39. The van der Waals surface area contributed by atoms with Gasteiger partial charge < -0.3 is 4.90 Å². The molecule has 2 heteroatoms. The Labute approximate surface area is 102 Å². The lowest BCUT2D eigenvalue weighted by molar-refractivity contribution is 0.109. The number of fused-ring (bicyclic) bond motifs is 6. The van der Waals surface area contributed by atoms with Crippen LogP contribution >= 0.6 is 0 Å². The zero-order valence-corrected chi connectivity index (χ0v) is 10.2. The summed E-state index contributed by atoms with van der Waals surface area (Å²) in [5.41, 5.74) is 2.72. The predicted octanol–water partition coefficient (Wildman–Crippen LogP) is 2.95. The van der Waals surface area contributed by atoms with Crippen LogP contribution in [0.2, 0.25) is 0 Å². The molecule has 0 aromatic heterocycles. The van der Waals surface area contributed by atoms with E-state index in [9.17, 15) is 4.39 Å². The van der Waals surface area contributed by atoms with E-state index in [1.54, 1.807) is 12.1 Å². The zero-order chi connectivity index (χ0) is 11.6. The van der Waals surface area contributed by atoms with Crippen molar-refractivity contribution in [2.75, 3.05) is 7.05 Å². The van der Waals surface area contributed by atoms with E-state index >= 15 is 0 Å². The molecule has 17 heavy (non-hydrogen) atoms. The molecule has 0 saturated carbocycles. The van der Waals surface area contributed by atoms with E-state index in [0.29, 0.717) is 5.92 Å². The molecule has 4 rings (SSSR count). The van der Waals surface area contributed by atoms with Crippen molar-refractivity contribution in [2.24, 2.45) is 5.92 Å². The Morgan fingerprint density at radius 3 is 3.06 bits per heavy atom. The van der Waals surface area contributed by atoms with Gasteiger partial charge in [-0.2, -0.15) is 0 Å². The van der Waals surface area contributed by atoms with Crippen molar-refractivity contribution in [3.63, 3.8) is 0 Å². The summed E-state index contributed by atoms with van der Waals surface area (Å²) in [5.74, 6) is 1.38. The van der Waals surface area contributed by atoms with Crippen molar-refractivity contribution in [3.8, 4) is 0 Å². The topological polar surface area (TPSA) is 3.24 Å². The van der Waals surface area contributed by atoms with Crippen LogP contribution in [0.5, 0.6) is 0 Å². The lowest BCUT2D eigenvalue weighted by Crippen LogP contribution is -2.44. The summed E-state index contributed by atoms with van der Waals surface area (Å²) in [5, 5.41) is 0. The van der Waals surface area contributed by atoms with Gasteiger partial charge in [0.15, 0.2) is 0 Å². The maximum atomic E-state index is 13.3. The Hall–Kier alpha value is -0.890. The number of nitrogens with zero attached hydrogens (tertiary/aromatic N) is 1. The van der Waals surface area contributed by atoms with Crippen LogP contribution in [-0.4, -0.2) is 24.0 Å². The van der Waals surface area contributed by atoms with Gasteiger partial charge in [-0.1, -0.05) is 6.07 Å². The third kappa shape index (κ3) is 1.28. The summed E-state index contributed by atoms with van der Waals surface area (Å²) < 4.78 is 13.3. The van der Waals surface area contributed by atoms with Crippen molar-refractivity contribution in [1.29, 1.82) is 0 Å². The number of hydrogen-bond donors (Lipinski definition) is 0. The second-order valence-corrected chi connectivity index (χ2v) is 6.02. The summed E-state index contributed by atoms with van der Waals surface area (Å²) in [7, 11) is 2.28. The van der Waals surface area contributed by atoms with Crippen molar-refractivity contribution in [2.45, 2.75) is 43.7 Å². The predicted molar refractivity (Wildman–Crippen MR) is 65.5 cm³/mol. The van der Waals surface area contributed by atoms with E-state index in [1.165, 1.54) is 30.4 Å². The van der Waals surface area contributed by atoms with Crippen LogP contribution in [-0.2, 0) is 6.42 Å². The lowest BCUT2D eigenvalue weighted by Gasteiger charge is -2.40. The first-order chi connectivity index (χ1) is 8.24. The van der Waals surface area contributed by atoms with E-state index in [-0.39, 0.29) is 5.82 Å². The van der Waals surface area contributed by atoms with Crippen LogP contribution in [0, 0.1) is 11.7 Å². The number of benzene rings is 1. The lowest BCUT2D eigenvalue weighted by atomic mass is 9.81. The second kappa shape index (κ2) is 3.32. The summed E-state index contributed by atoms with van der Waals surface area (Å²) in [4.78, 5) is 2.59. The molecule has 0 amide bonds. The van der Waals surface area contributed by atoms with Gasteiger partial charge in [0.2, 0.25) is 0 Å². The molecule has 3 aliphatic rings. The van der Waals surface area contributed by atoms with Crippen LogP contribution < -0.4 is 0 Å². The molecular weight excluding hydrogens is 213 g/mol. The van der Waals surface area contributed by atoms with Gasteiger partial charge in [-0.25, -0.2) is 4.39 Å². The fourth-order valence-corrected chi connectivity index (χ4v) is 4.58. The molecule has 2 aliphatic heterocycles. The van der Waals surface area contributed by atoms with Gasteiger partial charge in [0, 0.05) is 12.1 Å². The number of rotatable bonds is 0. The minimum atomic E-state index is -0.0686. The average molecular weight is 231 g/mol. The van der Waals surface area contributed by atoms with E-state index in [0.717, 1.165) is 24.4 Å². The first kappa shape index (κ1) is 10.1. The van der Waals surface area contributed by atoms with Gasteiger partial charge in [-0.05, 0) is 67.8 Å². The van der Waals surface area contributed by atoms with E-state index < -0.39 is 0 Å². The fourth-order valence-electron chi connectivity index (χ4n) is 4.58. The van der Waals surface area contributed by atoms with E-state index in [4.69, 9.17) is 0 Å². The van der Waals surface area contributed by atoms with Gasteiger partial charge in [0.1, 0.15) is 5.82 Å². The Bertz CT molecular complexity index is 470. The highest BCUT2D eigenvalue weighted by Crippen LogP contribution is 2.52. The largest absolute Gasteiger partial charge is 0.300 e. The van der Waals surface area contributed by atoms with Gasteiger partial charge in [0.05, 0.1) is 0 Å². The van der Waals surface area contributed by atoms with Gasteiger partial charge in [0.25, 0.3) is 0 Å². The van der Waals surface area contributed by atoms with Crippen LogP contribution in [0.25, 0.3) is 0 Å². The maximum absolute atomic E-state index is 13.3. The highest BCUT2D eigenvalue weighted by molar-refractivity contribution is 5.38. The SMILES string of the molecule is CN1[C@H]2CC[C@@H]1[C@H]1Cc3cc(F)ccc3[C@H]1C2. The molecular formula is C15H18FN. The molecule has 0 N–H and O–H groups in total. The minimum absolute atomic E-state index is 0.0686. The normalized spacial score (nSPS) is 39.2. The zero-order valence-electron chi connectivity index (χ0n) is 10.2. The van der Waals surface area contributed by atoms with Crippen LogP contribution in [0.15, 0.2) is 18.2 Å². The minimum Gasteiger partial charge on any atom is -0.300 e. The van der Waals surface area contributed by atoms with Crippen LogP contribution in [0.4, 0.5) is 4.39 Å². The Morgan fingerprint density at radius 2 is 2.18 bits per heavy atom. The Balaban J connectivity index is 1.76. The summed E-state index contributed by atoms with van der Waals surface area (Å²) in [6, 6.07) is 6.97. The molecule has 2 saturated heterocycles. The second-order valence-electron chi connectivity index (χ2n) is 6.02. The molecule has 0 spiro atoms. The number of halogens is 1. The molecule has 1 aromatic rings. The third-order valence-electron chi connectivity index (χ3n) is 5.39. The first-order valence-electron chi connectivity index (χ1n) is 6.74. The van der Waals surface area contributed by atoms with Crippen molar-refractivity contribution in [1.82, 2.24) is 4.90 Å². The van der Waals surface area contributed by atoms with Crippen molar-refractivity contribution >= 4 is 0 Å². The summed E-state index contributed by atoms with van der Waals surface area (Å²) >= 11 is 0. The molecule has 1 aliphatic carbocycles. The van der Waals surface area contributed by atoms with Gasteiger partial charge in [-0.3, -0.25) is 0 Å². The van der Waals surface area contributed by atoms with Crippen LogP contribution in [0.3, 0.4) is 0 Å². The molecule has 90 valence electrons. The first-order valence-corrected chi connectivity index (χ1v) is 6.74. The quantitative estimate of drug-likeness (QED) is 0.663. The molecule has 0 unspecified atom stereocenters.